The third kappa shape index (κ3) is 5.09. The molecule has 0 aliphatic heterocycles. The van der Waals surface area contributed by atoms with Gasteiger partial charge >= 0.3 is 5.97 Å². The summed E-state index contributed by atoms with van der Waals surface area (Å²) in [5, 5.41) is 0.361. The van der Waals surface area contributed by atoms with Crippen LogP contribution in [0.1, 0.15) is 27.0 Å². The minimum Gasteiger partial charge on any atom is -0.493 e. The molecule has 0 aliphatic carbocycles. The Morgan fingerprint density at radius 1 is 1.19 bits per heavy atom. The summed E-state index contributed by atoms with van der Waals surface area (Å²) >= 11 is 7.53. The second kappa shape index (κ2) is 9.40. The van der Waals surface area contributed by atoms with E-state index in [1.165, 1.54) is 37.7 Å². The summed E-state index contributed by atoms with van der Waals surface area (Å²) in [7, 11) is 2.99. The Morgan fingerprint density at radius 2 is 1.96 bits per heavy atom. The molecule has 0 atom stereocenters. The maximum absolute atomic E-state index is 12.0. The molecule has 0 aliphatic rings. The fraction of sp³-hybridized carbons (Fsp3) is 0.263. The van der Waals surface area contributed by atoms with Crippen molar-refractivity contribution in [3.8, 4) is 11.5 Å². The molecule has 0 N–H and O–H groups in total. The summed E-state index contributed by atoms with van der Waals surface area (Å²) in [5.74, 6) is 0.0386. The molecule has 7 heteroatoms. The first-order valence-corrected chi connectivity index (χ1v) is 9.06. The molecule has 0 radical (unpaired) electrons. The average Bonchev–Trinajstić information content (AvgIpc) is 3.13. The van der Waals surface area contributed by atoms with Gasteiger partial charge in [0, 0.05) is 11.0 Å². The van der Waals surface area contributed by atoms with Crippen molar-refractivity contribution in [2.75, 3.05) is 20.8 Å². The van der Waals surface area contributed by atoms with Gasteiger partial charge in [-0.3, -0.25) is 4.79 Å². The summed E-state index contributed by atoms with van der Waals surface area (Å²) in [4.78, 5) is 25.5. The zero-order valence-electron chi connectivity index (χ0n) is 14.7. The number of rotatable bonds is 8. The number of ether oxygens (including phenoxy) is 3. The number of esters is 1. The van der Waals surface area contributed by atoms with Crippen molar-refractivity contribution >= 4 is 40.8 Å². The van der Waals surface area contributed by atoms with Gasteiger partial charge in [-0.25, -0.2) is 4.79 Å². The van der Waals surface area contributed by atoms with E-state index in [9.17, 15) is 9.59 Å². The van der Waals surface area contributed by atoms with Crippen LogP contribution in [0.2, 0.25) is 5.02 Å². The summed E-state index contributed by atoms with van der Waals surface area (Å²) in [5.41, 5.74) is 0.641. The van der Waals surface area contributed by atoms with Gasteiger partial charge in [0.25, 0.3) is 0 Å². The van der Waals surface area contributed by atoms with Crippen molar-refractivity contribution in [2.24, 2.45) is 0 Å². The number of thiophene rings is 1. The highest BCUT2D eigenvalue weighted by Gasteiger charge is 2.12. The van der Waals surface area contributed by atoms with Crippen LogP contribution >= 0.6 is 22.9 Å². The Labute approximate surface area is 161 Å². The molecule has 2 aromatic rings. The predicted molar refractivity (Wildman–Crippen MR) is 103 cm³/mol. The molecule has 1 aromatic carbocycles. The quantitative estimate of drug-likeness (QED) is 0.377. The Hall–Kier alpha value is -2.31. The summed E-state index contributed by atoms with van der Waals surface area (Å²) < 4.78 is 15.4. The van der Waals surface area contributed by atoms with Crippen LogP contribution in [-0.2, 0) is 16.0 Å². The monoisotopic (exact) mass is 394 g/mol. The van der Waals surface area contributed by atoms with Gasteiger partial charge in [0.2, 0.25) is 5.78 Å². The topological polar surface area (TPSA) is 61.8 Å². The number of benzene rings is 1. The largest absolute Gasteiger partial charge is 0.493 e. The smallest absolute Gasteiger partial charge is 0.331 e. The van der Waals surface area contributed by atoms with E-state index in [4.69, 9.17) is 25.8 Å². The molecular formula is C19H19ClO5S. The highest BCUT2D eigenvalue weighted by Crippen LogP contribution is 2.36. The van der Waals surface area contributed by atoms with Crippen LogP contribution in [0.3, 0.4) is 0 Å². The van der Waals surface area contributed by atoms with Gasteiger partial charge in [0.05, 0.1) is 24.1 Å². The maximum atomic E-state index is 12.0. The number of aryl methyl sites for hydroxylation is 1. The molecule has 0 spiro atoms. The minimum atomic E-state index is -0.614. The minimum absolute atomic E-state index is 0.217. The SMILES string of the molecule is CCc1ccc(C(=O)COC(=O)/C=C/c2cc(Cl)c(OC)c(OC)c2)s1. The second-order valence-electron chi connectivity index (χ2n) is 5.22. The fourth-order valence-electron chi connectivity index (χ4n) is 2.17. The molecule has 138 valence electrons. The number of Topliss-reactive ketones (excluding diaryl/α,β-unsaturated/α-hetero) is 1. The van der Waals surface area contributed by atoms with Gasteiger partial charge in [0.1, 0.15) is 0 Å². The molecule has 0 unspecified atom stereocenters. The van der Waals surface area contributed by atoms with E-state index in [2.05, 4.69) is 0 Å². The van der Waals surface area contributed by atoms with Crippen molar-refractivity contribution in [3.05, 3.63) is 50.7 Å². The lowest BCUT2D eigenvalue weighted by Gasteiger charge is -2.10. The third-order valence-electron chi connectivity index (χ3n) is 3.50. The molecular weight excluding hydrogens is 376 g/mol. The fourth-order valence-corrected chi connectivity index (χ4v) is 3.34. The Bertz CT molecular complexity index is 825. The molecule has 2 rings (SSSR count). The van der Waals surface area contributed by atoms with Gasteiger partial charge in [-0.1, -0.05) is 18.5 Å². The van der Waals surface area contributed by atoms with E-state index < -0.39 is 5.97 Å². The van der Waals surface area contributed by atoms with Gasteiger partial charge in [0.15, 0.2) is 18.1 Å². The van der Waals surface area contributed by atoms with Crippen molar-refractivity contribution in [2.45, 2.75) is 13.3 Å². The van der Waals surface area contributed by atoms with Crippen LogP contribution in [0.15, 0.2) is 30.3 Å². The standard InChI is InChI=1S/C19H19ClO5S/c1-4-13-6-7-17(26-13)15(21)11-25-18(22)8-5-12-9-14(20)19(24-3)16(10-12)23-2/h5-10H,4,11H2,1-3H3/b8-5+. The first-order valence-electron chi connectivity index (χ1n) is 7.86. The molecule has 26 heavy (non-hydrogen) atoms. The zero-order chi connectivity index (χ0) is 19.1. The van der Waals surface area contributed by atoms with Gasteiger partial charge in [-0.15, -0.1) is 11.3 Å². The van der Waals surface area contributed by atoms with Gasteiger partial charge in [-0.2, -0.15) is 0 Å². The Balaban J connectivity index is 1.97. The predicted octanol–water partition coefficient (Wildman–Crippen LogP) is 4.42. The number of ketones is 1. The number of hydrogen-bond donors (Lipinski definition) is 0. The van der Waals surface area contributed by atoms with E-state index in [-0.39, 0.29) is 12.4 Å². The molecule has 0 saturated carbocycles. The lowest BCUT2D eigenvalue weighted by molar-refractivity contribution is -0.136. The highest BCUT2D eigenvalue weighted by molar-refractivity contribution is 7.14. The van der Waals surface area contributed by atoms with Gasteiger partial charge < -0.3 is 14.2 Å². The van der Waals surface area contributed by atoms with Crippen molar-refractivity contribution in [3.63, 3.8) is 0 Å². The normalized spacial score (nSPS) is 10.8. The van der Waals surface area contributed by atoms with Crippen molar-refractivity contribution < 1.29 is 23.8 Å². The molecule has 1 aromatic heterocycles. The molecule has 0 amide bonds. The number of carbonyl (C=O) groups is 2. The molecule has 0 fully saturated rings. The van der Waals surface area contributed by atoms with Crippen molar-refractivity contribution in [1.29, 1.82) is 0 Å². The van der Waals surface area contributed by atoms with Gasteiger partial charge in [-0.05, 0) is 42.3 Å². The van der Waals surface area contributed by atoms with Crippen LogP contribution in [-0.4, -0.2) is 32.6 Å². The number of hydrogen-bond acceptors (Lipinski definition) is 6. The maximum Gasteiger partial charge on any atom is 0.331 e. The van der Waals surface area contributed by atoms with E-state index >= 15 is 0 Å². The lowest BCUT2D eigenvalue weighted by Crippen LogP contribution is -2.11. The van der Waals surface area contributed by atoms with Crippen LogP contribution in [0.5, 0.6) is 11.5 Å². The summed E-state index contributed by atoms with van der Waals surface area (Å²) in [6.07, 6.45) is 3.63. The van der Waals surface area contributed by atoms with Crippen LogP contribution < -0.4 is 9.47 Å². The second-order valence-corrected chi connectivity index (χ2v) is 6.80. The lowest BCUT2D eigenvalue weighted by atomic mass is 10.2. The molecule has 0 saturated heterocycles. The number of methoxy groups -OCH3 is 2. The number of carbonyl (C=O) groups excluding carboxylic acids is 2. The summed E-state index contributed by atoms with van der Waals surface area (Å²) in [6.45, 7) is 1.73. The van der Waals surface area contributed by atoms with Crippen LogP contribution in [0, 0.1) is 0 Å². The highest BCUT2D eigenvalue weighted by atomic mass is 35.5. The Morgan fingerprint density at radius 3 is 2.58 bits per heavy atom. The average molecular weight is 395 g/mol. The van der Waals surface area contributed by atoms with Crippen molar-refractivity contribution in [1.82, 2.24) is 0 Å². The van der Waals surface area contributed by atoms with E-state index in [0.29, 0.717) is 27.0 Å². The first-order chi connectivity index (χ1) is 12.5. The van der Waals surface area contributed by atoms with E-state index in [1.54, 1.807) is 18.2 Å². The molecule has 1 heterocycles. The summed E-state index contributed by atoms with van der Waals surface area (Å²) in [6, 6.07) is 6.97. The van der Waals surface area contributed by atoms with E-state index in [1.807, 2.05) is 13.0 Å². The molecule has 0 bridgehead atoms. The third-order valence-corrected chi connectivity index (χ3v) is 5.05. The van der Waals surface area contributed by atoms with E-state index in [0.717, 1.165) is 11.3 Å². The van der Waals surface area contributed by atoms with Crippen LogP contribution in [0.25, 0.3) is 6.08 Å². The van der Waals surface area contributed by atoms with Crippen LogP contribution in [0.4, 0.5) is 0 Å². The zero-order valence-corrected chi connectivity index (χ0v) is 16.3. The molecule has 5 nitrogen and oxygen atoms in total. The Kier molecular flexibility index (Phi) is 7.24. The first kappa shape index (κ1) is 20.0. The number of halogens is 1.